The maximum Gasteiger partial charge on any atom is 0.0596 e. The lowest BCUT2D eigenvalue weighted by atomic mass is 10.2. The van der Waals surface area contributed by atoms with Crippen molar-refractivity contribution in [2.75, 3.05) is 6.54 Å². The first kappa shape index (κ1) is 14.3. The van der Waals surface area contributed by atoms with Crippen LogP contribution in [0.15, 0.2) is 23.6 Å². The predicted molar refractivity (Wildman–Crippen MR) is 81.7 cm³/mol. The molecule has 0 aromatic carbocycles. The van der Waals surface area contributed by atoms with Gasteiger partial charge in [-0.25, -0.2) is 0 Å². The minimum Gasteiger partial charge on any atom is -0.309 e. The van der Waals surface area contributed by atoms with Gasteiger partial charge in [0.15, 0.2) is 0 Å². The largest absolute Gasteiger partial charge is 0.309 e. The van der Waals surface area contributed by atoms with Crippen LogP contribution in [0, 0.1) is 13.8 Å². The van der Waals surface area contributed by atoms with Gasteiger partial charge < -0.3 is 5.32 Å². The van der Waals surface area contributed by atoms with E-state index in [4.69, 9.17) is 0 Å². The Hall–Kier alpha value is -1.13. The average molecular weight is 277 g/mol. The molecule has 2 heterocycles. The van der Waals surface area contributed by atoms with Crippen molar-refractivity contribution in [1.29, 1.82) is 0 Å². The van der Waals surface area contributed by atoms with Crippen LogP contribution in [0.4, 0.5) is 0 Å². The highest BCUT2D eigenvalue weighted by Crippen LogP contribution is 2.21. The quantitative estimate of drug-likeness (QED) is 0.782. The molecule has 0 aliphatic rings. The molecule has 4 heteroatoms. The average Bonchev–Trinajstić information content (AvgIpc) is 3.00. The van der Waals surface area contributed by atoms with Gasteiger partial charge in [-0.3, -0.25) is 4.68 Å². The molecular formula is C15H23N3S. The second-order valence-corrected chi connectivity index (χ2v) is 5.91. The molecule has 2 aromatic heterocycles. The number of aromatic nitrogens is 2. The molecule has 1 unspecified atom stereocenters. The Balaban J connectivity index is 1.76. The van der Waals surface area contributed by atoms with E-state index < -0.39 is 0 Å². The van der Waals surface area contributed by atoms with E-state index in [-0.39, 0.29) is 0 Å². The zero-order chi connectivity index (χ0) is 13.7. The van der Waals surface area contributed by atoms with Crippen molar-refractivity contribution >= 4 is 11.3 Å². The number of hydrogen-bond acceptors (Lipinski definition) is 3. The second kappa shape index (κ2) is 6.87. The fourth-order valence-electron chi connectivity index (χ4n) is 2.34. The molecule has 1 N–H and O–H groups in total. The molecule has 0 saturated heterocycles. The Labute approximate surface area is 119 Å². The van der Waals surface area contributed by atoms with Crippen LogP contribution >= 0.6 is 11.3 Å². The molecule has 2 rings (SSSR count). The first-order valence-electron chi connectivity index (χ1n) is 6.98. The van der Waals surface area contributed by atoms with Gasteiger partial charge in [-0.15, -0.1) is 11.3 Å². The molecule has 104 valence electrons. The van der Waals surface area contributed by atoms with E-state index in [0.29, 0.717) is 6.04 Å². The number of rotatable bonds is 7. The van der Waals surface area contributed by atoms with Gasteiger partial charge in [0.05, 0.1) is 5.69 Å². The lowest BCUT2D eigenvalue weighted by Gasteiger charge is -2.15. The molecule has 0 spiro atoms. The lowest BCUT2D eigenvalue weighted by molar-refractivity contribution is 0.479. The van der Waals surface area contributed by atoms with Crippen LogP contribution in [-0.2, 0) is 6.54 Å². The number of nitrogens with zero attached hydrogens (tertiary/aromatic N) is 2. The van der Waals surface area contributed by atoms with Crippen molar-refractivity contribution in [1.82, 2.24) is 15.1 Å². The van der Waals surface area contributed by atoms with Crippen molar-refractivity contribution in [2.45, 2.75) is 46.2 Å². The van der Waals surface area contributed by atoms with Crippen molar-refractivity contribution in [3.8, 4) is 0 Å². The van der Waals surface area contributed by atoms with E-state index >= 15 is 0 Å². The van der Waals surface area contributed by atoms with Crippen molar-refractivity contribution < 1.29 is 0 Å². The summed E-state index contributed by atoms with van der Waals surface area (Å²) in [4.78, 5) is 1.44. The molecule has 19 heavy (non-hydrogen) atoms. The molecule has 0 fully saturated rings. The van der Waals surface area contributed by atoms with Gasteiger partial charge >= 0.3 is 0 Å². The maximum atomic E-state index is 4.49. The standard InChI is InChI=1S/C15H23N3S/c1-4-14(15-7-5-10-19-15)16-8-6-9-18-13(3)11-12(2)17-18/h5,7,10-11,14,16H,4,6,8-9H2,1-3H3. The molecular weight excluding hydrogens is 254 g/mol. The first-order chi connectivity index (χ1) is 9.20. The minimum atomic E-state index is 0.500. The molecule has 0 saturated carbocycles. The van der Waals surface area contributed by atoms with E-state index in [0.717, 1.165) is 31.6 Å². The van der Waals surface area contributed by atoms with Crippen LogP contribution < -0.4 is 5.32 Å². The van der Waals surface area contributed by atoms with Gasteiger partial charge in [0, 0.05) is 23.2 Å². The first-order valence-corrected chi connectivity index (χ1v) is 7.86. The third kappa shape index (κ3) is 3.91. The summed E-state index contributed by atoms with van der Waals surface area (Å²) >= 11 is 1.84. The van der Waals surface area contributed by atoms with Gasteiger partial charge in [-0.1, -0.05) is 13.0 Å². The zero-order valence-corrected chi connectivity index (χ0v) is 12.8. The molecule has 1 atom stereocenters. The van der Waals surface area contributed by atoms with E-state index in [9.17, 15) is 0 Å². The van der Waals surface area contributed by atoms with Crippen LogP contribution in [0.5, 0.6) is 0 Å². The fourth-order valence-corrected chi connectivity index (χ4v) is 3.23. The predicted octanol–water partition coefficient (Wildman–Crippen LogP) is 3.69. The molecule has 3 nitrogen and oxygen atoms in total. The maximum absolute atomic E-state index is 4.49. The Morgan fingerprint density at radius 3 is 2.84 bits per heavy atom. The highest BCUT2D eigenvalue weighted by Gasteiger charge is 2.08. The van der Waals surface area contributed by atoms with E-state index in [1.54, 1.807) is 0 Å². The van der Waals surface area contributed by atoms with Gasteiger partial charge in [-0.05, 0) is 50.7 Å². The highest BCUT2D eigenvalue weighted by molar-refractivity contribution is 7.10. The Bertz CT molecular complexity index is 487. The third-order valence-electron chi connectivity index (χ3n) is 3.34. The van der Waals surface area contributed by atoms with Gasteiger partial charge in [-0.2, -0.15) is 5.10 Å². The minimum absolute atomic E-state index is 0.500. The fraction of sp³-hybridized carbons (Fsp3) is 0.533. The van der Waals surface area contributed by atoms with Crippen LogP contribution in [0.1, 0.15) is 42.1 Å². The molecule has 0 aliphatic carbocycles. The smallest absolute Gasteiger partial charge is 0.0596 e. The molecule has 0 bridgehead atoms. The van der Waals surface area contributed by atoms with Crippen LogP contribution in [-0.4, -0.2) is 16.3 Å². The van der Waals surface area contributed by atoms with Gasteiger partial charge in [0.25, 0.3) is 0 Å². The molecule has 0 radical (unpaired) electrons. The number of thiophene rings is 1. The number of nitrogens with one attached hydrogen (secondary N) is 1. The van der Waals surface area contributed by atoms with Crippen molar-refractivity contribution in [3.63, 3.8) is 0 Å². The third-order valence-corrected chi connectivity index (χ3v) is 4.32. The van der Waals surface area contributed by atoms with Crippen LogP contribution in [0.2, 0.25) is 0 Å². The van der Waals surface area contributed by atoms with E-state index in [1.165, 1.54) is 10.6 Å². The summed E-state index contributed by atoms with van der Waals surface area (Å²) < 4.78 is 2.10. The van der Waals surface area contributed by atoms with Gasteiger partial charge in [0.1, 0.15) is 0 Å². The zero-order valence-electron chi connectivity index (χ0n) is 12.0. The summed E-state index contributed by atoms with van der Waals surface area (Å²) in [5.41, 5.74) is 2.36. The van der Waals surface area contributed by atoms with Crippen LogP contribution in [0.3, 0.4) is 0 Å². The summed E-state index contributed by atoms with van der Waals surface area (Å²) in [6.07, 6.45) is 2.25. The molecule has 2 aromatic rings. The summed E-state index contributed by atoms with van der Waals surface area (Å²) in [5, 5.41) is 10.3. The topological polar surface area (TPSA) is 29.9 Å². The molecule has 0 aliphatic heterocycles. The summed E-state index contributed by atoms with van der Waals surface area (Å²) in [6.45, 7) is 8.43. The van der Waals surface area contributed by atoms with E-state index in [1.807, 2.05) is 18.3 Å². The Morgan fingerprint density at radius 1 is 1.42 bits per heavy atom. The van der Waals surface area contributed by atoms with Gasteiger partial charge in [0.2, 0.25) is 0 Å². The lowest BCUT2D eigenvalue weighted by Crippen LogP contribution is -2.22. The Kier molecular flexibility index (Phi) is 5.16. The number of aryl methyl sites for hydroxylation is 3. The van der Waals surface area contributed by atoms with Crippen molar-refractivity contribution in [2.24, 2.45) is 0 Å². The normalized spacial score (nSPS) is 12.8. The monoisotopic (exact) mass is 277 g/mol. The summed E-state index contributed by atoms with van der Waals surface area (Å²) in [7, 11) is 0. The Morgan fingerprint density at radius 2 is 2.26 bits per heavy atom. The number of hydrogen-bond donors (Lipinski definition) is 1. The molecule has 0 amide bonds. The SMILES string of the molecule is CCC(NCCCn1nc(C)cc1C)c1cccs1. The second-order valence-electron chi connectivity index (χ2n) is 4.93. The summed E-state index contributed by atoms with van der Waals surface area (Å²) in [6, 6.07) is 6.97. The van der Waals surface area contributed by atoms with E-state index in [2.05, 4.69) is 52.5 Å². The van der Waals surface area contributed by atoms with Crippen LogP contribution in [0.25, 0.3) is 0 Å². The highest BCUT2D eigenvalue weighted by atomic mass is 32.1. The summed E-state index contributed by atoms with van der Waals surface area (Å²) in [5.74, 6) is 0. The van der Waals surface area contributed by atoms with Crippen molar-refractivity contribution in [3.05, 3.63) is 39.8 Å².